The van der Waals surface area contributed by atoms with Gasteiger partial charge in [-0.3, -0.25) is 0 Å². The second-order valence-corrected chi connectivity index (χ2v) is 3.32. The average Bonchev–Trinajstić information content (AvgIpc) is 2.56. The molecule has 1 fully saturated rings. The normalized spacial score (nSPS) is 20.4. The molecule has 1 N–H and O–H groups in total. The Balaban J connectivity index is 2.31. The van der Waals surface area contributed by atoms with Gasteiger partial charge in [0.2, 0.25) is 0 Å². The van der Waals surface area contributed by atoms with Gasteiger partial charge >= 0.3 is 6.09 Å². The topological polar surface area (TPSA) is 38.3 Å². The Kier molecular flexibility index (Phi) is 2.11. The number of amides is 1. The molecule has 2 rings (SSSR count). The lowest BCUT2D eigenvalue weighted by Crippen LogP contribution is -2.19. The molecule has 4 heteroatoms. The number of rotatable bonds is 1. The summed E-state index contributed by atoms with van der Waals surface area (Å²) in [4.78, 5) is 10.8. The molecule has 14 heavy (non-hydrogen) atoms. The first-order chi connectivity index (χ1) is 6.66. The van der Waals surface area contributed by atoms with Gasteiger partial charge in [-0.05, 0) is 13.0 Å². The van der Waals surface area contributed by atoms with Crippen LogP contribution in [0, 0.1) is 12.7 Å². The van der Waals surface area contributed by atoms with E-state index in [1.807, 2.05) is 6.92 Å². The van der Waals surface area contributed by atoms with Gasteiger partial charge in [0.15, 0.2) is 0 Å². The third kappa shape index (κ3) is 1.55. The Morgan fingerprint density at radius 1 is 1.57 bits per heavy atom. The summed E-state index contributed by atoms with van der Waals surface area (Å²) in [6.07, 6.45) is -0.490. The molecule has 1 saturated heterocycles. The minimum Gasteiger partial charge on any atom is -0.447 e. The summed E-state index contributed by atoms with van der Waals surface area (Å²) < 4.78 is 18.0. The van der Waals surface area contributed by atoms with Gasteiger partial charge in [-0.25, -0.2) is 9.18 Å². The highest BCUT2D eigenvalue weighted by molar-refractivity contribution is 5.70. The summed E-state index contributed by atoms with van der Waals surface area (Å²) in [5, 5.41) is 2.54. The average molecular weight is 195 g/mol. The van der Waals surface area contributed by atoms with Gasteiger partial charge in [-0.2, -0.15) is 0 Å². The van der Waals surface area contributed by atoms with Gasteiger partial charge in [-0.15, -0.1) is 0 Å². The number of halogens is 1. The van der Waals surface area contributed by atoms with E-state index < -0.39 is 6.09 Å². The van der Waals surface area contributed by atoms with Crippen LogP contribution < -0.4 is 5.32 Å². The lowest BCUT2D eigenvalue weighted by Gasteiger charge is -2.09. The molecule has 0 aliphatic carbocycles. The van der Waals surface area contributed by atoms with Gasteiger partial charge in [0.05, 0.1) is 6.04 Å². The summed E-state index contributed by atoms with van der Waals surface area (Å²) >= 11 is 0. The zero-order valence-electron chi connectivity index (χ0n) is 7.71. The fourth-order valence-electron chi connectivity index (χ4n) is 1.48. The number of ether oxygens (including phenoxy) is 1. The summed E-state index contributed by atoms with van der Waals surface area (Å²) in [7, 11) is 0. The molecule has 0 unspecified atom stereocenters. The van der Waals surface area contributed by atoms with E-state index in [4.69, 9.17) is 4.74 Å². The Labute approximate surface area is 80.9 Å². The first kappa shape index (κ1) is 8.99. The van der Waals surface area contributed by atoms with Crippen molar-refractivity contribution in [1.82, 2.24) is 5.32 Å². The van der Waals surface area contributed by atoms with E-state index in [0.717, 1.165) is 5.56 Å². The standard InChI is InChI=1S/C10H10FNO2/c1-6-2-3-8(11)7(4-6)9-5-14-10(13)12-9/h2-4,9H,5H2,1H3,(H,12,13)/t9-/m0/s1. The Hall–Kier alpha value is -1.58. The Morgan fingerprint density at radius 2 is 2.36 bits per heavy atom. The second kappa shape index (κ2) is 3.29. The highest BCUT2D eigenvalue weighted by Gasteiger charge is 2.25. The molecule has 1 amide bonds. The fourth-order valence-corrected chi connectivity index (χ4v) is 1.48. The molecule has 0 saturated carbocycles. The molecule has 1 aromatic rings. The van der Waals surface area contributed by atoms with Crippen LogP contribution in [0.4, 0.5) is 9.18 Å². The van der Waals surface area contributed by atoms with Crippen molar-refractivity contribution < 1.29 is 13.9 Å². The van der Waals surface area contributed by atoms with Crippen molar-refractivity contribution in [2.45, 2.75) is 13.0 Å². The molecule has 0 aromatic heterocycles. The number of carbonyl (C=O) groups is 1. The van der Waals surface area contributed by atoms with E-state index in [1.54, 1.807) is 12.1 Å². The van der Waals surface area contributed by atoms with Crippen molar-refractivity contribution in [3.8, 4) is 0 Å². The molecule has 0 radical (unpaired) electrons. The lowest BCUT2D eigenvalue weighted by molar-refractivity contribution is 0.177. The van der Waals surface area contributed by atoms with Crippen molar-refractivity contribution in [2.75, 3.05) is 6.61 Å². The maximum absolute atomic E-state index is 13.3. The lowest BCUT2D eigenvalue weighted by atomic mass is 10.0. The quantitative estimate of drug-likeness (QED) is 0.743. The van der Waals surface area contributed by atoms with Crippen LogP contribution in [0.2, 0.25) is 0 Å². The summed E-state index contributed by atoms with van der Waals surface area (Å²) in [5.74, 6) is -0.314. The Morgan fingerprint density at radius 3 is 3.00 bits per heavy atom. The Bertz CT molecular complexity index is 378. The molecule has 1 aromatic carbocycles. The maximum atomic E-state index is 13.3. The van der Waals surface area contributed by atoms with E-state index in [9.17, 15) is 9.18 Å². The van der Waals surface area contributed by atoms with Crippen LogP contribution in [0.25, 0.3) is 0 Å². The molecule has 0 spiro atoms. The first-order valence-electron chi connectivity index (χ1n) is 4.36. The number of cyclic esters (lactones) is 1. The van der Waals surface area contributed by atoms with E-state index in [-0.39, 0.29) is 18.5 Å². The van der Waals surface area contributed by atoms with E-state index >= 15 is 0 Å². The zero-order chi connectivity index (χ0) is 10.1. The summed E-state index contributed by atoms with van der Waals surface area (Å²) in [6, 6.07) is 4.45. The molecule has 3 nitrogen and oxygen atoms in total. The smallest absolute Gasteiger partial charge is 0.407 e. The molecule has 1 heterocycles. The van der Waals surface area contributed by atoms with Crippen LogP contribution in [0.15, 0.2) is 18.2 Å². The number of benzene rings is 1. The van der Waals surface area contributed by atoms with Crippen LogP contribution in [-0.2, 0) is 4.74 Å². The zero-order valence-corrected chi connectivity index (χ0v) is 7.71. The summed E-state index contributed by atoms with van der Waals surface area (Å²) in [6.45, 7) is 2.07. The van der Waals surface area contributed by atoms with Crippen LogP contribution in [0.3, 0.4) is 0 Å². The van der Waals surface area contributed by atoms with Crippen molar-refractivity contribution in [3.63, 3.8) is 0 Å². The van der Waals surface area contributed by atoms with Crippen LogP contribution in [0.1, 0.15) is 17.2 Å². The molecule has 1 aliphatic rings. The number of hydrogen-bond acceptors (Lipinski definition) is 2. The highest BCUT2D eigenvalue weighted by atomic mass is 19.1. The van der Waals surface area contributed by atoms with Crippen LogP contribution in [0.5, 0.6) is 0 Å². The number of alkyl carbamates (subject to hydrolysis) is 1. The SMILES string of the molecule is Cc1ccc(F)c([C@@H]2COC(=O)N2)c1. The number of aryl methyl sites for hydroxylation is 1. The van der Waals surface area contributed by atoms with Crippen molar-refractivity contribution in [1.29, 1.82) is 0 Å². The van der Waals surface area contributed by atoms with Gasteiger partial charge in [-0.1, -0.05) is 17.7 Å². The number of carbonyl (C=O) groups excluding carboxylic acids is 1. The molecule has 1 atom stereocenters. The van der Waals surface area contributed by atoms with Crippen molar-refractivity contribution in [2.24, 2.45) is 0 Å². The predicted molar refractivity (Wildman–Crippen MR) is 48.4 cm³/mol. The molecular weight excluding hydrogens is 185 g/mol. The number of hydrogen-bond donors (Lipinski definition) is 1. The van der Waals surface area contributed by atoms with Gasteiger partial charge in [0, 0.05) is 5.56 Å². The van der Waals surface area contributed by atoms with E-state index in [1.165, 1.54) is 6.07 Å². The van der Waals surface area contributed by atoms with Gasteiger partial charge in [0.25, 0.3) is 0 Å². The largest absolute Gasteiger partial charge is 0.447 e. The first-order valence-corrected chi connectivity index (χ1v) is 4.36. The molecule has 0 bridgehead atoms. The molecule has 1 aliphatic heterocycles. The van der Waals surface area contributed by atoms with Crippen LogP contribution in [-0.4, -0.2) is 12.7 Å². The van der Waals surface area contributed by atoms with Crippen LogP contribution >= 0.6 is 0 Å². The third-order valence-electron chi connectivity index (χ3n) is 2.20. The predicted octanol–water partition coefficient (Wildman–Crippen LogP) is 1.92. The second-order valence-electron chi connectivity index (χ2n) is 3.32. The van der Waals surface area contributed by atoms with Gasteiger partial charge in [0.1, 0.15) is 12.4 Å². The highest BCUT2D eigenvalue weighted by Crippen LogP contribution is 2.21. The minimum atomic E-state index is -0.490. The summed E-state index contributed by atoms with van der Waals surface area (Å²) in [5.41, 5.74) is 1.44. The fraction of sp³-hybridized carbons (Fsp3) is 0.300. The maximum Gasteiger partial charge on any atom is 0.407 e. The molecular formula is C10H10FNO2. The van der Waals surface area contributed by atoms with Crippen molar-refractivity contribution in [3.05, 3.63) is 35.1 Å². The molecule has 74 valence electrons. The monoisotopic (exact) mass is 195 g/mol. The van der Waals surface area contributed by atoms with E-state index in [0.29, 0.717) is 5.56 Å². The van der Waals surface area contributed by atoms with Gasteiger partial charge < -0.3 is 10.1 Å². The third-order valence-corrected chi connectivity index (χ3v) is 2.20. The van der Waals surface area contributed by atoms with E-state index in [2.05, 4.69) is 5.32 Å². The minimum absolute atomic E-state index is 0.194. The van der Waals surface area contributed by atoms with Crippen molar-refractivity contribution >= 4 is 6.09 Å². The number of nitrogens with one attached hydrogen (secondary N) is 1.